The standard InChI is InChI=1S/C7H3ClN4S/c8-7-10-5-2-1-4(11-12-9)3-6(5)13-7/h1-3H. The first-order valence-corrected chi connectivity index (χ1v) is 4.60. The van der Waals surface area contributed by atoms with Gasteiger partial charge in [0.1, 0.15) is 0 Å². The van der Waals surface area contributed by atoms with Crippen LogP contribution >= 0.6 is 22.9 Å². The van der Waals surface area contributed by atoms with Crippen LogP contribution in [0.4, 0.5) is 5.69 Å². The lowest BCUT2D eigenvalue weighted by atomic mass is 10.3. The number of hydrogen-bond donors (Lipinski definition) is 0. The molecular formula is C7H3ClN4S. The summed E-state index contributed by atoms with van der Waals surface area (Å²) in [5.41, 5.74) is 9.62. The van der Waals surface area contributed by atoms with Crippen molar-refractivity contribution in [2.24, 2.45) is 5.11 Å². The molecule has 0 amide bonds. The SMILES string of the molecule is [N-]=[N+]=Nc1ccc2nc(Cl)sc2c1. The summed E-state index contributed by atoms with van der Waals surface area (Å²) >= 11 is 7.08. The molecule has 13 heavy (non-hydrogen) atoms. The van der Waals surface area contributed by atoms with E-state index in [1.165, 1.54) is 11.3 Å². The largest absolute Gasteiger partial charge is 0.225 e. The van der Waals surface area contributed by atoms with E-state index in [9.17, 15) is 0 Å². The highest BCUT2D eigenvalue weighted by molar-refractivity contribution is 7.22. The molecule has 0 atom stereocenters. The first-order valence-electron chi connectivity index (χ1n) is 3.41. The number of azide groups is 1. The van der Waals surface area contributed by atoms with Crippen LogP contribution in [0.15, 0.2) is 23.3 Å². The molecule has 64 valence electrons. The van der Waals surface area contributed by atoms with Crippen LogP contribution in [0.2, 0.25) is 4.47 Å². The maximum Gasteiger partial charge on any atom is 0.184 e. The van der Waals surface area contributed by atoms with Crippen molar-refractivity contribution < 1.29 is 0 Å². The predicted octanol–water partition coefficient (Wildman–Crippen LogP) is 3.89. The van der Waals surface area contributed by atoms with Crippen LogP contribution in [-0.4, -0.2) is 4.98 Å². The van der Waals surface area contributed by atoms with E-state index in [1.54, 1.807) is 18.2 Å². The van der Waals surface area contributed by atoms with Crippen molar-refractivity contribution in [3.8, 4) is 0 Å². The Labute approximate surface area is 82.4 Å². The third kappa shape index (κ3) is 1.58. The van der Waals surface area contributed by atoms with Gasteiger partial charge in [0.25, 0.3) is 0 Å². The molecule has 0 aliphatic carbocycles. The van der Waals surface area contributed by atoms with E-state index < -0.39 is 0 Å². The van der Waals surface area contributed by atoms with Crippen molar-refractivity contribution in [2.75, 3.05) is 0 Å². The average Bonchev–Trinajstić information content (AvgIpc) is 2.44. The van der Waals surface area contributed by atoms with Gasteiger partial charge < -0.3 is 0 Å². The Balaban J connectivity index is 2.67. The van der Waals surface area contributed by atoms with Gasteiger partial charge in [-0.3, -0.25) is 0 Å². The Morgan fingerprint density at radius 3 is 3.15 bits per heavy atom. The predicted molar refractivity (Wildman–Crippen MR) is 53.4 cm³/mol. The van der Waals surface area contributed by atoms with Crippen molar-refractivity contribution >= 4 is 38.8 Å². The number of halogens is 1. The van der Waals surface area contributed by atoms with Crippen LogP contribution in [0.5, 0.6) is 0 Å². The number of aromatic nitrogens is 1. The molecule has 0 spiro atoms. The average molecular weight is 211 g/mol. The van der Waals surface area contributed by atoms with Crippen molar-refractivity contribution in [3.05, 3.63) is 33.1 Å². The number of benzene rings is 1. The Kier molecular flexibility index (Phi) is 2.06. The van der Waals surface area contributed by atoms with Crippen molar-refractivity contribution in [1.29, 1.82) is 0 Å². The zero-order chi connectivity index (χ0) is 9.26. The van der Waals surface area contributed by atoms with E-state index in [0.29, 0.717) is 10.2 Å². The van der Waals surface area contributed by atoms with E-state index >= 15 is 0 Å². The van der Waals surface area contributed by atoms with Crippen molar-refractivity contribution in [2.45, 2.75) is 0 Å². The molecule has 4 nitrogen and oxygen atoms in total. The van der Waals surface area contributed by atoms with Gasteiger partial charge in [0.05, 0.1) is 10.2 Å². The van der Waals surface area contributed by atoms with Gasteiger partial charge in [0.2, 0.25) is 0 Å². The van der Waals surface area contributed by atoms with Gasteiger partial charge in [-0.1, -0.05) is 22.8 Å². The maximum atomic E-state index is 8.22. The minimum Gasteiger partial charge on any atom is -0.225 e. The first kappa shape index (κ1) is 8.31. The number of fused-ring (bicyclic) bond motifs is 1. The smallest absolute Gasteiger partial charge is 0.184 e. The molecule has 2 rings (SSSR count). The van der Waals surface area contributed by atoms with E-state index in [4.69, 9.17) is 17.1 Å². The van der Waals surface area contributed by atoms with Gasteiger partial charge in [-0.25, -0.2) is 4.98 Å². The van der Waals surface area contributed by atoms with E-state index in [1.807, 2.05) is 0 Å². The van der Waals surface area contributed by atoms with Gasteiger partial charge in [-0.05, 0) is 17.7 Å². The normalized spacial score (nSPS) is 9.92. The summed E-state index contributed by atoms with van der Waals surface area (Å²) < 4.78 is 1.42. The molecule has 0 N–H and O–H groups in total. The summed E-state index contributed by atoms with van der Waals surface area (Å²) in [6.45, 7) is 0. The Bertz CT molecular complexity index is 500. The topological polar surface area (TPSA) is 61.7 Å². The fourth-order valence-corrected chi connectivity index (χ4v) is 2.06. The molecule has 0 saturated heterocycles. The number of thiazole rings is 1. The second-order valence-electron chi connectivity index (χ2n) is 2.31. The molecule has 0 saturated carbocycles. The highest BCUT2D eigenvalue weighted by atomic mass is 35.5. The third-order valence-electron chi connectivity index (χ3n) is 1.51. The van der Waals surface area contributed by atoms with Crippen LogP contribution in [-0.2, 0) is 0 Å². The molecule has 0 aliphatic heterocycles. The monoisotopic (exact) mass is 210 g/mol. The molecule has 0 bridgehead atoms. The molecule has 0 radical (unpaired) electrons. The zero-order valence-electron chi connectivity index (χ0n) is 6.31. The highest BCUT2D eigenvalue weighted by Crippen LogP contribution is 2.28. The second kappa shape index (κ2) is 3.22. The van der Waals surface area contributed by atoms with Crippen molar-refractivity contribution in [1.82, 2.24) is 4.98 Å². The quantitative estimate of drug-likeness (QED) is 0.400. The number of nitrogens with zero attached hydrogens (tertiary/aromatic N) is 4. The Hall–Kier alpha value is -1.29. The van der Waals surface area contributed by atoms with E-state index in [-0.39, 0.29) is 0 Å². The van der Waals surface area contributed by atoms with Crippen molar-refractivity contribution in [3.63, 3.8) is 0 Å². The summed E-state index contributed by atoms with van der Waals surface area (Å²) in [6, 6.07) is 5.25. The minimum atomic E-state index is 0.494. The third-order valence-corrected chi connectivity index (χ3v) is 2.63. The summed E-state index contributed by atoms with van der Waals surface area (Å²) in [5.74, 6) is 0. The van der Waals surface area contributed by atoms with Crippen LogP contribution in [0.1, 0.15) is 0 Å². The second-order valence-corrected chi connectivity index (χ2v) is 3.92. The van der Waals surface area contributed by atoms with Crippen LogP contribution in [0.25, 0.3) is 20.7 Å². The first-order chi connectivity index (χ1) is 6.29. The van der Waals surface area contributed by atoms with Gasteiger partial charge >= 0.3 is 0 Å². The summed E-state index contributed by atoms with van der Waals surface area (Å²) in [6.07, 6.45) is 0. The lowest BCUT2D eigenvalue weighted by molar-refractivity contribution is 1.47. The van der Waals surface area contributed by atoms with Crippen LogP contribution in [0, 0.1) is 0 Å². The maximum absolute atomic E-state index is 8.22. The molecule has 1 aromatic carbocycles. The van der Waals surface area contributed by atoms with Crippen LogP contribution < -0.4 is 0 Å². The summed E-state index contributed by atoms with van der Waals surface area (Å²) in [5, 5.41) is 3.48. The molecule has 0 aliphatic rings. The summed E-state index contributed by atoms with van der Waals surface area (Å²) in [7, 11) is 0. The molecule has 1 heterocycles. The number of rotatable bonds is 1. The van der Waals surface area contributed by atoms with Crippen LogP contribution in [0.3, 0.4) is 0 Å². The molecule has 0 fully saturated rings. The zero-order valence-corrected chi connectivity index (χ0v) is 7.88. The number of hydrogen-bond acceptors (Lipinski definition) is 3. The van der Waals surface area contributed by atoms with Gasteiger partial charge in [0.15, 0.2) is 4.47 Å². The Morgan fingerprint density at radius 1 is 1.54 bits per heavy atom. The fraction of sp³-hybridized carbons (Fsp3) is 0. The van der Waals surface area contributed by atoms with E-state index in [0.717, 1.165) is 10.2 Å². The van der Waals surface area contributed by atoms with Gasteiger partial charge in [-0.2, -0.15) is 0 Å². The molecular weight excluding hydrogens is 208 g/mol. The highest BCUT2D eigenvalue weighted by Gasteiger charge is 2.00. The van der Waals surface area contributed by atoms with Gasteiger partial charge in [0, 0.05) is 10.6 Å². The lowest BCUT2D eigenvalue weighted by Crippen LogP contribution is -1.65. The Morgan fingerprint density at radius 2 is 2.38 bits per heavy atom. The fourth-order valence-electron chi connectivity index (χ4n) is 0.999. The minimum absolute atomic E-state index is 0.494. The van der Waals surface area contributed by atoms with E-state index in [2.05, 4.69) is 15.0 Å². The molecule has 0 unspecified atom stereocenters. The molecule has 2 aromatic rings. The molecule has 1 aromatic heterocycles. The summed E-state index contributed by atoms with van der Waals surface area (Å²) in [4.78, 5) is 6.76. The lowest BCUT2D eigenvalue weighted by Gasteiger charge is -1.88. The molecule has 6 heteroatoms. The van der Waals surface area contributed by atoms with Gasteiger partial charge in [-0.15, -0.1) is 11.3 Å².